The molecule has 0 aromatic rings. The van der Waals surface area contributed by atoms with Crippen molar-refractivity contribution >= 4 is 0 Å². The maximum atomic E-state index is 12.1. The predicted octanol–water partition coefficient (Wildman–Crippen LogP) is 4.05. The van der Waals surface area contributed by atoms with Crippen LogP contribution in [0.3, 0.4) is 0 Å². The molecule has 1 N–H and O–H groups in total. The maximum Gasteiger partial charge on any atom is 0.389 e. The van der Waals surface area contributed by atoms with Crippen molar-refractivity contribution in [1.82, 2.24) is 5.32 Å². The maximum absolute atomic E-state index is 12.1. The van der Waals surface area contributed by atoms with Gasteiger partial charge in [-0.15, -0.1) is 0 Å². The zero-order valence-electron chi connectivity index (χ0n) is 11.8. The first-order valence-electron chi connectivity index (χ1n) is 7.43. The molecule has 0 amide bonds. The smallest absolute Gasteiger partial charge is 0.378 e. The third kappa shape index (κ3) is 8.47. The highest BCUT2D eigenvalue weighted by Gasteiger charge is 2.26. The monoisotopic (exact) mass is 281 g/mol. The Morgan fingerprint density at radius 1 is 1.26 bits per heavy atom. The molecule has 2 unspecified atom stereocenters. The lowest BCUT2D eigenvalue weighted by atomic mass is 9.98. The van der Waals surface area contributed by atoms with E-state index in [4.69, 9.17) is 4.74 Å². The molecule has 114 valence electrons. The average Bonchev–Trinajstić information content (AvgIpc) is 2.36. The van der Waals surface area contributed by atoms with Crippen LogP contribution >= 0.6 is 0 Å². The molecule has 2 nitrogen and oxygen atoms in total. The fourth-order valence-electron chi connectivity index (χ4n) is 2.61. The van der Waals surface area contributed by atoms with Crippen LogP contribution in [-0.2, 0) is 4.74 Å². The van der Waals surface area contributed by atoms with Gasteiger partial charge in [-0.05, 0) is 51.5 Å². The number of rotatable bonds is 8. The Labute approximate surface area is 114 Å². The molecule has 0 bridgehead atoms. The van der Waals surface area contributed by atoms with Crippen molar-refractivity contribution in [3.8, 4) is 0 Å². The van der Waals surface area contributed by atoms with Crippen molar-refractivity contribution in [2.24, 2.45) is 0 Å². The minimum atomic E-state index is -4.02. The van der Waals surface area contributed by atoms with Gasteiger partial charge < -0.3 is 10.1 Å². The van der Waals surface area contributed by atoms with Crippen LogP contribution in [0.25, 0.3) is 0 Å². The third-order valence-electron chi connectivity index (χ3n) is 3.62. The van der Waals surface area contributed by atoms with Gasteiger partial charge >= 0.3 is 6.18 Å². The standard InChI is InChI=1S/C14H26F3NO/c1-2-18-12(6-5-10-14(15,16)17)8-9-13-7-3-4-11-19-13/h12-13,18H,2-11H2,1H3. The van der Waals surface area contributed by atoms with Gasteiger partial charge in [-0.1, -0.05) is 6.92 Å². The number of halogens is 3. The summed E-state index contributed by atoms with van der Waals surface area (Å²) in [5.74, 6) is 0. The van der Waals surface area contributed by atoms with E-state index in [-0.39, 0.29) is 12.5 Å². The summed E-state index contributed by atoms with van der Waals surface area (Å²) in [4.78, 5) is 0. The molecule has 0 saturated carbocycles. The Balaban J connectivity index is 2.19. The van der Waals surface area contributed by atoms with Gasteiger partial charge in [0.1, 0.15) is 0 Å². The second-order valence-corrected chi connectivity index (χ2v) is 5.33. The highest BCUT2D eigenvalue weighted by Crippen LogP contribution is 2.24. The zero-order chi connectivity index (χ0) is 14.1. The minimum Gasteiger partial charge on any atom is -0.378 e. The quantitative estimate of drug-likeness (QED) is 0.725. The molecule has 1 heterocycles. The molecule has 0 aliphatic carbocycles. The van der Waals surface area contributed by atoms with E-state index in [2.05, 4.69) is 5.32 Å². The van der Waals surface area contributed by atoms with Crippen molar-refractivity contribution in [3.05, 3.63) is 0 Å². The van der Waals surface area contributed by atoms with Gasteiger partial charge in [0, 0.05) is 19.1 Å². The van der Waals surface area contributed by atoms with Crippen LogP contribution in [0.5, 0.6) is 0 Å². The van der Waals surface area contributed by atoms with Crippen molar-refractivity contribution in [1.29, 1.82) is 0 Å². The number of ether oxygens (including phenoxy) is 1. The highest BCUT2D eigenvalue weighted by atomic mass is 19.4. The second kappa shape index (κ2) is 8.80. The van der Waals surface area contributed by atoms with E-state index in [1.165, 1.54) is 6.42 Å². The van der Waals surface area contributed by atoms with Gasteiger partial charge in [0.25, 0.3) is 0 Å². The van der Waals surface area contributed by atoms with Crippen LogP contribution in [-0.4, -0.2) is 31.5 Å². The van der Waals surface area contributed by atoms with Gasteiger partial charge in [0.05, 0.1) is 6.10 Å². The van der Waals surface area contributed by atoms with Gasteiger partial charge in [0.2, 0.25) is 0 Å². The Kier molecular flexibility index (Phi) is 7.76. The molecule has 0 aromatic heterocycles. The molecule has 2 atom stereocenters. The van der Waals surface area contributed by atoms with Crippen LogP contribution in [0.15, 0.2) is 0 Å². The van der Waals surface area contributed by atoms with Crippen molar-refractivity contribution < 1.29 is 17.9 Å². The summed E-state index contributed by atoms with van der Waals surface area (Å²) in [7, 11) is 0. The SMILES string of the molecule is CCNC(CCCC(F)(F)F)CCC1CCCCO1. The molecule has 19 heavy (non-hydrogen) atoms. The third-order valence-corrected chi connectivity index (χ3v) is 3.62. The molecule has 1 aliphatic heterocycles. The summed E-state index contributed by atoms with van der Waals surface area (Å²) in [6.07, 6.45) is 1.76. The summed E-state index contributed by atoms with van der Waals surface area (Å²) in [6, 6.07) is 0.192. The van der Waals surface area contributed by atoms with E-state index in [0.29, 0.717) is 12.5 Å². The molecule has 1 saturated heterocycles. The molecule has 1 aliphatic rings. The first-order valence-corrected chi connectivity index (χ1v) is 7.43. The number of hydrogen-bond donors (Lipinski definition) is 1. The molecule has 0 spiro atoms. The van der Waals surface area contributed by atoms with Crippen molar-refractivity contribution in [2.45, 2.75) is 76.6 Å². The molecule has 1 rings (SSSR count). The predicted molar refractivity (Wildman–Crippen MR) is 70.2 cm³/mol. The van der Waals surface area contributed by atoms with Gasteiger partial charge in [-0.2, -0.15) is 13.2 Å². The summed E-state index contributed by atoms with van der Waals surface area (Å²) < 4.78 is 42.0. The van der Waals surface area contributed by atoms with E-state index in [9.17, 15) is 13.2 Å². The topological polar surface area (TPSA) is 21.3 Å². The summed E-state index contributed by atoms with van der Waals surface area (Å²) in [6.45, 7) is 3.64. The molecular weight excluding hydrogens is 255 g/mol. The Hall–Kier alpha value is -0.290. The second-order valence-electron chi connectivity index (χ2n) is 5.33. The Bertz CT molecular complexity index is 227. The van der Waals surface area contributed by atoms with Crippen LogP contribution in [0.4, 0.5) is 13.2 Å². The lowest BCUT2D eigenvalue weighted by Crippen LogP contribution is -2.31. The fraction of sp³-hybridized carbons (Fsp3) is 1.00. The van der Waals surface area contributed by atoms with Gasteiger partial charge in [-0.3, -0.25) is 0 Å². The molecule has 5 heteroatoms. The fourth-order valence-corrected chi connectivity index (χ4v) is 2.61. The molecular formula is C14H26F3NO. The van der Waals surface area contributed by atoms with Crippen LogP contribution in [0.1, 0.15) is 58.3 Å². The lowest BCUT2D eigenvalue weighted by molar-refractivity contribution is -0.135. The zero-order valence-corrected chi connectivity index (χ0v) is 11.8. The Morgan fingerprint density at radius 2 is 2.05 bits per heavy atom. The molecule has 1 fully saturated rings. The lowest BCUT2D eigenvalue weighted by Gasteiger charge is -2.25. The first-order chi connectivity index (χ1) is 9.01. The summed E-state index contributed by atoms with van der Waals surface area (Å²) in [5, 5.41) is 3.29. The number of alkyl halides is 3. The summed E-state index contributed by atoms with van der Waals surface area (Å²) >= 11 is 0. The van der Waals surface area contributed by atoms with E-state index in [0.717, 1.165) is 38.8 Å². The van der Waals surface area contributed by atoms with E-state index in [1.807, 2.05) is 6.92 Å². The van der Waals surface area contributed by atoms with Crippen molar-refractivity contribution in [3.63, 3.8) is 0 Å². The van der Waals surface area contributed by atoms with Gasteiger partial charge in [0.15, 0.2) is 0 Å². The van der Waals surface area contributed by atoms with Crippen LogP contribution in [0.2, 0.25) is 0 Å². The average molecular weight is 281 g/mol. The van der Waals surface area contributed by atoms with Crippen LogP contribution in [0, 0.1) is 0 Å². The van der Waals surface area contributed by atoms with Crippen LogP contribution < -0.4 is 5.32 Å². The normalized spacial score (nSPS) is 22.4. The minimum absolute atomic E-state index is 0.192. The van der Waals surface area contributed by atoms with Crippen molar-refractivity contribution in [2.75, 3.05) is 13.2 Å². The van der Waals surface area contributed by atoms with E-state index in [1.54, 1.807) is 0 Å². The largest absolute Gasteiger partial charge is 0.389 e. The molecule has 0 radical (unpaired) electrons. The summed E-state index contributed by atoms with van der Waals surface area (Å²) in [5.41, 5.74) is 0. The Morgan fingerprint density at radius 3 is 2.63 bits per heavy atom. The van der Waals surface area contributed by atoms with E-state index < -0.39 is 12.6 Å². The number of hydrogen-bond acceptors (Lipinski definition) is 2. The molecule has 0 aromatic carbocycles. The van der Waals surface area contributed by atoms with Gasteiger partial charge in [-0.25, -0.2) is 0 Å². The first kappa shape index (κ1) is 16.8. The van der Waals surface area contributed by atoms with E-state index >= 15 is 0 Å². The number of nitrogens with one attached hydrogen (secondary N) is 1. The highest BCUT2D eigenvalue weighted by molar-refractivity contribution is 4.72.